The van der Waals surface area contributed by atoms with Crippen molar-refractivity contribution in [3.63, 3.8) is 0 Å². The van der Waals surface area contributed by atoms with E-state index in [1.54, 1.807) is 0 Å². The monoisotopic (exact) mass is 426 g/mol. The summed E-state index contributed by atoms with van der Waals surface area (Å²) < 4.78 is 81.6. The van der Waals surface area contributed by atoms with Crippen molar-refractivity contribution in [3.05, 3.63) is 71.8 Å². The van der Waals surface area contributed by atoms with Gasteiger partial charge in [-0.1, -0.05) is 36.4 Å². The maximum atomic E-state index is 12.3. The zero-order valence-electron chi connectivity index (χ0n) is 15.9. The first-order valence-corrected chi connectivity index (χ1v) is 8.75. The first kappa shape index (κ1) is 21.5. The summed E-state index contributed by atoms with van der Waals surface area (Å²) in [6.45, 7) is 3.74. The molecule has 0 bridgehead atoms. The molecular weight excluding hydrogens is 410 g/mol. The SMILES string of the molecule is Cc1c(-c2ccc(OC(F)(F)F)cc2)ccc(-c2ccc(OC(F)(F)F)cc2)c1C. The molecule has 0 radical (unpaired) electrons. The van der Waals surface area contributed by atoms with Crippen molar-refractivity contribution in [1.29, 1.82) is 0 Å². The molecule has 0 N–H and O–H groups in total. The molecule has 0 unspecified atom stereocenters. The number of alkyl halides is 6. The van der Waals surface area contributed by atoms with Crippen LogP contribution in [0.3, 0.4) is 0 Å². The van der Waals surface area contributed by atoms with Crippen molar-refractivity contribution in [2.75, 3.05) is 0 Å². The van der Waals surface area contributed by atoms with Crippen LogP contribution in [0.4, 0.5) is 26.3 Å². The molecule has 3 aromatic rings. The number of rotatable bonds is 4. The van der Waals surface area contributed by atoms with Gasteiger partial charge in [-0.15, -0.1) is 26.3 Å². The van der Waals surface area contributed by atoms with Gasteiger partial charge in [0.25, 0.3) is 0 Å². The second kappa shape index (κ2) is 7.93. The van der Waals surface area contributed by atoms with Crippen LogP contribution in [0.2, 0.25) is 0 Å². The maximum absolute atomic E-state index is 12.3. The Bertz CT molecular complexity index is 935. The highest BCUT2D eigenvalue weighted by molar-refractivity contribution is 5.77. The van der Waals surface area contributed by atoms with Crippen LogP contribution in [0.1, 0.15) is 11.1 Å². The van der Waals surface area contributed by atoms with Crippen molar-refractivity contribution in [3.8, 4) is 33.8 Å². The molecular formula is C22H16F6O2. The molecule has 0 saturated heterocycles. The van der Waals surface area contributed by atoms with Gasteiger partial charge in [0.2, 0.25) is 0 Å². The van der Waals surface area contributed by atoms with Crippen molar-refractivity contribution in [1.82, 2.24) is 0 Å². The lowest BCUT2D eigenvalue weighted by Crippen LogP contribution is -2.17. The van der Waals surface area contributed by atoms with E-state index < -0.39 is 12.7 Å². The van der Waals surface area contributed by atoms with Crippen LogP contribution in [-0.4, -0.2) is 12.7 Å². The van der Waals surface area contributed by atoms with Crippen LogP contribution in [0, 0.1) is 13.8 Å². The Balaban J connectivity index is 1.87. The average molecular weight is 426 g/mol. The fraction of sp³-hybridized carbons (Fsp3) is 0.182. The molecule has 0 aliphatic rings. The summed E-state index contributed by atoms with van der Waals surface area (Å²) in [7, 11) is 0. The summed E-state index contributed by atoms with van der Waals surface area (Å²) in [4.78, 5) is 0. The average Bonchev–Trinajstić information content (AvgIpc) is 2.63. The third-order valence-electron chi connectivity index (χ3n) is 4.58. The summed E-state index contributed by atoms with van der Waals surface area (Å²) in [5, 5.41) is 0. The van der Waals surface area contributed by atoms with Crippen molar-refractivity contribution in [2.24, 2.45) is 0 Å². The smallest absolute Gasteiger partial charge is 0.406 e. The zero-order chi connectivity index (χ0) is 22.1. The predicted octanol–water partition coefficient (Wildman–Crippen LogP) is 7.43. The van der Waals surface area contributed by atoms with Gasteiger partial charge in [0.05, 0.1) is 0 Å². The van der Waals surface area contributed by atoms with Gasteiger partial charge in [-0.2, -0.15) is 0 Å². The molecule has 0 heterocycles. The Kier molecular flexibility index (Phi) is 5.70. The van der Waals surface area contributed by atoms with Crippen LogP contribution in [0.15, 0.2) is 60.7 Å². The molecule has 2 nitrogen and oxygen atoms in total. The molecule has 0 aliphatic heterocycles. The molecule has 0 aromatic heterocycles. The Morgan fingerprint density at radius 3 is 1.07 bits per heavy atom. The molecule has 8 heteroatoms. The van der Waals surface area contributed by atoms with Crippen LogP contribution in [0.5, 0.6) is 11.5 Å². The zero-order valence-corrected chi connectivity index (χ0v) is 15.9. The number of ether oxygens (including phenoxy) is 2. The molecule has 0 spiro atoms. The number of hydrogen-bond donors (Lipinski definition) is 0. The molecule has 3 rings (SSSR count). The standard InChI is InChI=1S/C22H16F6O2/c1-13-14(2)20(16-5-9-18(10-6-16)30-22(26,27)28)12-11-19(13)15-3-7-17(8-4-15)29-21(23,24)25/h3-12H,1-2H3. The van der Waals surface area contributed by atoms with Crippen LogP contribution in [0.25, 0.3) is 22.3 Å². The quantitative estimate of drug-likeness (QED) is 0.404. The van der Waals surface area contributed by atoms with Crippen molar-refractivity contribution in [2.45, 2.75) is 26.6 Å². The molecule has 0 fully saturated rings. The normalized spacial score (nSPS) is 12.0. The molecule has 0 amide bonds. The van der Waals surface area contributed by atoms with Crippen molar-refractivity contribution >= 4 is 0 Å². The fourth-order valence-corrected chi connectivity index (χ4v) is 3.12. The maximum Gasteiger partial charge on any atom is 0.573 e. The van der Waals surface area contributed by atoms with Gasteiger partial charge in [0.1, 0.15) is 11.5 Å². The lowest BCUT2D eigenvalue weighted by Gasteiger charge is -2.15. The summed E-state index contributed by atoms with van der Waals surface area (Å²) in [6.07, 6.45) is -9.51. The highest BCUT2D eigenvalue weighted by atomic mass is 19.4. The first-order chi connectivity index (χ1) is 13.9. The topological polar surface area (TPSA) is 18.5 Å². The minimum Gasteiger partial charge on any atom is -0.406 e. The summed E-state index contributed by atoms with van der Waals surface area (Å²) in [5.74, 6) is -0.614. The van der Waals surface area contributed by atoms with Gasteiger partial charge in [-0.25, -0.2) is 0 Å². The number of benzene rings is 3. The number of halogens is 6. The van der Waals surface area contributed by atoms with Crippen LogP contribution < -0.4 is 9.47 Å². The van der Waals surface area contributed by atoms with E-state index in [4.69, 9.17) is 0 Å². The Morgan fingerprint density at radius 2 is 0.800 bits per heavy atom. The second-order valence-corrected chi connectivity index (χ2v) is 6.56. The van der Waals surface area contributed by atoms with E-state index in [9.17, 15) is 26.3 Å². The summed E-state index contributed by atoms with van der Waals surface area (Å²) in [5.41, 5.74) is 4.87. The second-order valence-electron chi connectivity index (χ2n) is 6.56. The van der Waals surface area contributed by atoms with Gasteiger partial charge in [-0.05, 0) is 71.5 Å². The Hall–Kier alpha value is -3.16. The van der Waals surface area contributed by atoms with Gasteiger partial charge in [0.15, 0.2) is 0 Å². The Labute approximate surface area is 168 Å². The predicted molar refractivity (Wildman–Crippen MR) is 100 cm³/mol. The molecule has 0 aliphatic carbocycles. The highest BCUT2D eigenvalue weighted by Gasteiger charge is 2.31. The summed E-state index contributed by atoms with van der Waals surface area (Å²) in [6, 6.07) is 14.7. The molecule has 158 valence electrons. The van der Waals surface area contributed by atoms with E-state index in [-0.39, 0.29) is 11.5 Å². The summed E-state index contributed by atoms with van der Waals surface area (Å²) >= 11 is 0. The lowest BCUT2D eigenvalue weighted by atomic mass is 9.91. The highest BCUT2D eigenvalue weighted by Crippen LogP contribution is 2.35. The largest absolute Gasteiger partial charge is 0.573 e. The van der Waals surface area contributed by atoms with Crippen molar-refractivity contribution < 1.29 is 35.8 Å². The molecule has 30 heavy (non-hydrogen) atoms. The van der Waals surface area contributed by atoms with Gasteiger partial charge in [-0.3, -0.25) is 0 Å². The lowest BCUT2D eigenvalue weighted by molar-refractivity contribution is -0.275. The van der Waals surface area contributed by atoms with Crippen LogP contribution >= 0.6 is 0 Å². The fourth-order valence-electron chi connectivity index (χ4n) is 3.12. The van der Waals surface area contributed by atoms with Crippen LogP contribution in [-0.2, 0) is 0 Å². The molecule has 0 saturated carbocycles. The van der Waals surface area contributed by atoms with E-state index in [0.717, 1.165) is 22.3 Å². The van der Waals surface area contributed by atoms with E-state index in [2.05, 4.69) is 9.47 Å². The first-order valence-electron chi connectivity index (χ1n) is 8.75. The van der Waals surface area contributed by atoms with Gasteiger partial charge < -0.3 is 9.47 Å². The third-order valence-corrected chi connectivity index (χ3v) is 4.58. The van der Waals surface area contributed by atoms with E-state index >= 15 is 0 Å². The number of hydrogen-bond acceptors (Lipinski definition) is 2. The minimum absolute atomic E-state index is 0.307. The van der Waals surface area contributed by atoms with Gasteiger partial charge >= 0.3 is 12.7 Å². The Morgan fingerprint density at radius 1 is 0.500 bits per heavy atom. The van der Waals surface area contributed by atoms with E-state index in [1.807, 2.05) is 26.0 Å². The molecule has 3 aromatic carbocycles. The minimum atomic E-state index is -4.75. The van der Waals surface area contributed by atoms with E-state index in [1.165, 1.54) is 48.5 Å². The third kappa shape index (κ3) is 5.25. The van der Waals surface area contributed by atoms with Gasteiger partial charge in [0, 0.05) is 0 Å². The molecule has 0 atom stereocenters. The van der Waals surface area contributed by atoms with E-state index in [0.29, 0.717) is 11.1 Å².